The van der Waals surface area contributed by atoms with Gasteiger partial charge in [0.05, 0.1) is 5.52 Å². The van der Waals surface area contributed by atoms with E-state index in [1.165, 1.54) is 11.6 Å². The smallest absolute Gasteiger partial charge is 0.123 e. The summed E-state index contributed by atoms with van der Waals surface area (Å²) in [4.78, 5) is 4.38. The number of nitrogens with zero attached hydrogens (tertiary/aromatic N) is 1. The quantitative estimate of drug-likeness (QED) is 0.788. The Kier molecular flexibility index (Phi) is 3.93. The standard InChI is InChI=1S/C18H17FN2/c1-20-12-15-11-16(19)7-6-13(15)10-14-8-9-21-18-5-3-2-4-17(14)18/h2-9,11,20H,10,12H2,1H3. The van der Waals surface area contributed by atoms with Crippen molar-refractivity contribution in [2.75, 3.05) is 7.05 Å². The predicted molar refractivity (Wildman–Crippen MR) is 83.7 cm³/mol. The molecule has 0 aliphatic rings. The molecule has 0 aliphatic carbocycles. The summed E-state index contributed by atoms with van der Waals surface area (Å²) in [7, 11) is 1.87. The third-order valence-corrected chi connectivity index (χ3v) is 3.66. The molecule has 0 radical (unpaired) electrons. The Hall–Kier alpha value is -2.26. The summed E-state index contributed by atoms with van der Waals surface area (Å²) in [5.74, 6) is -0.191. The minimum absolute atomic E-state index is 0.191. The second kappa shape index (κ2) is 6.02. The molecule has 0 spiro atoms. The fraction of sp³-hybridized carbons (Fsp3) is 0.167. The van der Waals surface area contributed by atoms with E-state index in [9.17, 15) is 4.39 Å². The monoisotopic (exact) mass is 280 g/mol. The van der Waals surface area contributed by atoms with E-state index in [2.05, 4.69) is 16.4 Å². The van der Waals surface area contributed by atoms with E-state index in [0.29, 0.717) is 6.54 Å². The zero-order valence-corrected chi connectivity index (χ0v) is 11.9. The molecule has 0 saturated carbocycles. The molecule has 0 bridgehead atoms. The molecule has 0 unspecified atom stereocenters. The molecule has 1 aromatic heterocycles. The molecule has 2 nitrogen and oxygen atoms in total. The van der Waals surface area contributed by atoms with Crippen LogP contribution >= 0.6 is 0 Å². The van der Waals surface area contributed by atoms with Crippen LogP contribution in [0.15, 0.2) is 54.7 Å². The van der Waals surface area contributed by atoms with Crippen molar-refractivity contribution in [3.8, 4) is 0 Å². The number of hydrogen-bond acceptors (Lipinski definition) is 2. The van der Waals surface area contributed by atoms with Crippen LogP contribution in [-0.2, 0) is 13.0 Å². The van der Waals surface area contributed by atoms with Crippen LogP contribution in [0.2, 0.25) is 0 Å². The molecule has 3 rings (SSSR count). The van der Waals surface area contributed by atoms with Crippen LogP contribution in [0.3, 0.4) is 0 Å². The van der Waals surface area contributed by atoms with Gasteiger partial charge in [-0.2, -0.15) is 0 Å². The number of fused-ring (bicyclic) bond motifs is 1. The molecule has 21 heavy (non-hydrogen) atoms. The van der Waals surface area contributed by atoms with Crippen molar-refractivity contribution in [1.82, 2.24) is 10.3 Å². The van der Waals surface area contributed by atoms with Crippen molar-refractivity contribution in [3.05, 3.63) is 77.2 Å². The Bertz CT molecular complexity index is 763. The molecule has 0 saturated heterocycles. The molecule has 0 atom stereocenters. The Balaban J connectivity index is 2.02. The zero-order valence-electron chi connectivity index (χ0n) is 11.9. The van der Waals surface area contributed by atoms with E-state index < -0.39 is 0 Å². The van der Waals surface area contributed by atoms with Gasteiger partial charge in [-0.15, -0.1) is 0 Å². The van der Waals surface area contributed by atoms with Gasteiger partial charge in [0.1, 0.15) is 5.82 Å². The fourth-order valence-corrected chi connectivity index (χ4v) is 2.64. The molecule has 0 aliphatic heterocycles. The van der Waals surface area contributed by atoms with Gasteiger partial charge in [-0.05, 0) is 54.4 Å². The lowest BCUT2D eigenvalue weighted by Gasteiger charge is -2.11. The number of aromatic nitrogens is 1. The van der Waals surface area contributed by atoms with Crippen LogP contribution in [0, 0.1) is 5.82 Å². The summed E-state index contributed by atoms with van der Waals surface area (Å²) in [6.45, 7) is 0.663. The third-order valence-electron chi connectivity index (χ3n) is 3.66. The zero-order chi connectivity index (χ0) is 14.7. The predicted octanol–water partition coefficient (Wildman–Crippen LogP) is 3.68. The van der Waals surface area contributed by atoms with Gasteiger partial charge in [0, 0.05) is 18.1 Å². The largest absolute Gasteiger partial charge is 0.316 e. The maximum atomic E-state index is 13.4. The number of rotatable bonds is 4. The van der Waals surface area contributed by atoms with Crippen LogP contribution in [-0.4, -0.2) is 12.0 Å². The fourth-order valence-electron chi connectivity index (χ4n) is 2.64. The Morgan fingerprint density at radius 3 is 2.71 bits per heavy atom. The van der Waals surface area contributed by atoms with Crippen LogP contribution in [0.1, 0.15) is 16.7 Å². The van der Waals surface area contributed by atoms with E-state index in [1.807, 2.05) is 43.6 Å². The van der Waals surface area contributed by atoms with Crippen molar-refractivity contribution in [1.29, 1.82) is 0 Å². The minimum atomic E-state index is -0.191. The first-order valence-electron chi connectivity index (χ1n) is 7.02. The normalized spacial score (nSPS) is 11.0. The maximum absolute atomic E-state index is 13.4. The number of nitrogens with one attached hydrogen (secondary N) is 1. The second-order valence-electron chi connectivity index (χ2n) is 5.11. The molecule has 2 aromatic carbocycles. The summed E-state index contributed by atoms with van der Waals surface area (Å²) >= 11 is 0. The number of pyridine rings is 1. The summed E-state index contributed by atoms with van der Waals surface area (Å²) in [6.07, 6.45) is 2.61. The van der Waals surface area contributed by atoms with Crippen molar-refractivity contribution in [2.24, 2.45) is 0 Å². The molecule has 106 valence electrons. The average Bonchev–Trinajstić information content (AvgIpc) is 2.50. The van der Waals surface area contributed by atoms with Gasteiger partial charge >= 0.3 is 0 Å². The van der Waals surface area contributed by atoms with Gasteiger partial charge in [0.25, 0.3) is 0 Å². The highest BCUT2D eigenvalue weighted by Gasteiger charge is 2.07. The van der Waals surface area contributed by atoms with E-state index in [4.69, 9.17) is 0 Å². The van der Waals surface area contributed by atoms with Crippen molar-refractivity contribution < 1.29 is 4.39 Å². The van der Waals surface area contributed by atoms with E-state index in [0.717, 1.165) is 28.5 Å². The molecule has 1 N–H and O–H groups in total. The van der Waals surface area contributed by atoms with Gasteiger partial charge in [-0.25, -0.2) is 4.39 Å². The molecule has 0 amide bonds. The van der Waals surface area contributed by atoms with Gasteiger partial charge in [0.15, 0.2) is 0 Å². The number of benzene rings is 2. The first-order valence-corrected chi connectivity index (χ1v) is 7.02. The highest BCUT2D eigenvalue weighted by Crippen LogP contribution is 2.22. The minimum Gasteiger partial charge on any atom is -0.316 e. The average molecular weight is 280 g/mol. The molecular formula is C18H17FN2. The molecule has 3 heteroatoms. The topological polar surface area (TPSA) is 24.9 Å². The van der Waals surface area contributed by atoms with Gasteiger partial charge < -0.3 is 5.32 Å². The molecule has 0 fully saturated rings. The van der Waals surface area contributed by atoms with Gasteiger partial charge in [0.2, 0.25) is 0 Å². The number of halogens is 1. The first-order chi connectivity index (χ1) is 10.3. The summed E-state index contributed by atoms with van der Waals surface area (Å²) in [5, 5.41) is 4.25. The van der Waals surface area contributed by atoms with Crippen molar-refractivity contribution >= 4 is 10.9 Å². The summed E-state index contributed by atoms with van der Waals surface area (Å²) < 4.78 is 13.4. The molecule has 1 heterocycles. The Labute approximate surface area is 123 Å². The molecule has 3 aromatic rings. The van der Waals surface area contributed by atoms with Gasteiger partial charge in [-0.3, -0.25) is 4.98 Å². The molecular weight excluding hydrogens is 263 g/mol. The van der Waals surface area contributed by atoms with E-state index >= 15 is 0 Å². The van der Waals surface area contributed by atoms with Crippen LogP contribution in [0.5, 0.6) is 0 Å². The maximum Gasteiger partial charge on any atom is 0.123 e. The van der Waals surface area contributed by atoms with Crippen LogP contribution in [0.25, 0.3) is 10.9 Å². The lowest BCUT2D eigenvalue weighted by Crippen LogP contribution is -2.08. The summed E-state index contributed by atoms with van der Waals surface area (Å²) in [6, 6.07) is 15.1. The third kappa shape index (κ3) is 2.93. The Morgan fingerprint density at radius 1 is 1.00 bits per heavy atom. The highest BCUT2D eigenvalue weighted by molar-refractivity contribution is 5.82. The van der Waals surface area contributed by atoms with Crippen molar-refractivity contribution in [3.63, 3.8) is 0 Å². The second-order valence-corrected chi connectivity index (χ2v) is 5.11. The van der Waals surface area contributed by atoms with Crippen molar-refractivity contribution in [2.45, 2.75) is 13.0 Å². The van der Waals surface area contributed by atoms with Crippen LogP contribution in [0.4, 0.5) is 4.39 Å². The van der Waals surface area contributed by atoms with E-state index in [-0.39, 0.29) is 5.82 Å². The highest BCUT2D eigenvalue weighted by atomic mass is 19.1. The lowest BCUT2D eigenvalue weighted by molar-refractivity contribution is 0.622. The Morgan fingerprint density at radius 2 is 1.86 bits per heavy atom. The first kappa shape index (κ1) is 13.7. The lowest BCUT2D eigenvalue weighted by atomic mass is 9.97. The van der Waals surface area contributed by atoms with Crippen LogP contribution < -0.4 is 5.32 Å². The van der Waals surface area contributed by atoms with E-state index in [1.54, 1.807) is 6.07 Å². The SMILES string of the molecule is CNCc1cc(F)ccc1Cc1ccnc2ccccc12. The van der Waals surface area contributed by atoms with Gasteiger partial charge in [-0.1, -0.05) is 24.3 Å². The number of hydrogen-bond donors (Lipinski definition) is 1. The number of para-hydroxylation sites is 1. The summed E-state index contributed by atoms with van der Waals surface area (Å²) in [5.41, 5.74) is 4.34.